The average molecular weight is 442 g/mol. The summed E-state index contributed by atoms with van der Waals surface area (Å²) in [6.45, 7) is 1.60. The second kappa shape index (κ2) is 9.13. The van der Waals surface area contributed by atoms with E-state index in [2.05, 4.69) is 5.16 Å². The fourth-order valence-corrected chi connectivity index (χ4v) is 3.73. The van der Waals surface area contributed by atoms with Crippen LogP contribution in [0.1, 0.15) is 0 Å². The molecule has 0 bridgehead atoms. The fourth-order valence-electron chi connectivity index (χ4n) is 3.73. The van der Waals surface area contributed by atoms with E-state index in [1.165, 1.54) is 24.9 Å². The van der Waals surface area contributed by atoms with Gasteiger partial charge < -0.3 is 19.3 Å². The number of carbonyl (C=O) groups excluding carboxylic acids is 1. The van der Waals surface area contributed by atoms with Crippen molar-refractivity contribution in [1.82, 2.24) is 14.6 Å². The monoisotopic (exact) mass is 442 g/mol. The second-order valence-corrected chi connectivity index (χ2v) is 7.25. The number of amides is 1. The topological polar surface area (TPSA) is 90.0 Å². The van der Waals surface area contributed by atoms with E-state index in [1.807, 2.05) is 4.90 Å². The van der Waals surface area contributed by atoms with Gasteiger partial charge in [-0.15, -0.1) is 0 Å². The van der Waals surface area contributed by atoms with Crippen molar-refractivity contribution in [2.24, 2.45) is 0 Å². The number of halogens is 1. The Morgan fingerprint density at radius 2 is 1.78 bits per heavy atom. The number of ether oxygens (including phenoxy) is 2. The highest BCUT2D eigenvalue weighted by Crippen LogP contribution is 2.31. The molecule has 0 radical (unpaired) electrons. The number of carbonyl (C=O) groups is 1. The number of benzene rings is 2. The molecular formula is C22H23FN4O5. The summed E-state index contributed by atoms with van der Waals surface area (Å²) >= 11 is 0. The lowest BCUT2D eigenvalue weighted by Crippen LogP contribution is -2.50. The molecule has 0 atom stereocenters. The summed E-state index contributed by atoms with van der Waals surface area (Å²) in [7, 11) is 3.02. The van der Waals surface area contributed by atoms with Crippen molar-refractivity contribution in [1.29, 1.82) is 0 Å². The van der Waals surface area contributed by atoms with E-state index in [4.69, 9.17) is 14.0 Å². The molecular weight excluding hydrogens is 419 g/mol. The number of rotatable bonds is 6. The highest BCUT2D eigenvalue weighted by atomic mass is 19.1. The van der Waals surface area contributed by atoms with Crippen LogP contribution in [0.4, 0.5) is 10.1 Å². The van der Waals surface area contributed by atoms with Gasteiger partial charge in [-0.1, -0.05) is 17.3 Å². The first kappa shape index (κ1) is 21.4. The zero-order valence-corrected chi connectivity index (χ0v) is 17.8. The lowest BCUT2D eigenvalue weighted by atomic mass is 10.2. The van der Waals surface area contributed by atoms with Gasteiger partial charge in [0.15, 0.2) is 17.3 Å². The van der Waals surface area contributed by atoms with Crippen LogP contribution in [0.15, 0.2) is 51.8 Å². The molecule has 9 nitrogen and oxygen atoms in total. The van der Waals surface area contributed by atoms with Crippen LogP contribution >= 0.6 is 0 Å². The van der Waals surface area contributed by atoms with Gasteiger partial charge in [0.25, 0.3) is 0 Å². The Labute approximate surface area is 183 Å². The molecule has 2 aromatic carbocycles. The number of para-hydroxylation sites is 1. The van der Waals surface area contributed by atoms with Gasteiger partial charge in [0.05, 0.1) is 19.9 Å². The summed E-state index contributed by atoms with van der Waals surface area (Å²) in [6, 6.07) is 11.6. The van der Waals surface area contributed by atoms with Gasteiger partial charge >= 0.3 is 5.76 Å². The minimum absolute atomic E-state index is 0.217. The largest absolute Gasteiger partial charge is 0.493 e. The number of anilines is 1. The van der Waals surface area contributed by atoms with Gasteiger partial charge in [-0.3, -0.25) is 9.32 Å². The van der Waals surface area contributed by atoms with E-state index < -0.39 is 5.76 Å². The summed E-state index contributed by atoms with van der Waals surface area (Å²) < 4.78 is 30.6. The van der Waals surface area contributed by atoms with Crippen LogP contribution in [0.25, 0.3) is 11.4 Å². The predicted octanol–water partition coefficient (Wildman–Crippen LogP) is 2.01. The van der Waals surface area contributed by atoms with Crippen molar-refractivity contribution in [3.63, 3.8) is 0 Å². The van der Waals surface area contributed by atoms with E-state index >= 15 is 0 Å². The Morgan fingerprint density at radius 1 is 1.06 bits per heavy atom. The molecule has 1 saturated heterocycles. The molecule has 3 aromatic rings. The summed E-state index contributed by atoms with van der Waals surface area (Å²) in [6.07, 6.45) is 0. The summed E-state index contributed by atoms with van der Waals surface area (Å²) in [5, 5.41) is 3.83. The first-order valence-electron chi connectivity index (χ1n) is 10.1. The van der Waals surface area contributed by atoms with Crippen molar-refractivity contribution in [3.05, 3.63) is 58.8 Å². The van der Waals surface area contributed by atoms with Crippen LogP contribution in [-0.2, 0) is 11.3 Å². The minimum atomic E-state index is -0.729. The highest BCUT2D eigenvalue weighted by molar-refractivity contribution is 5.77. The van der Waals surface area contributed by atoms with Crippen LogP contribution in [0.5, 0.6) is 11.5 Å². The molecule has 4 rings (SSSR count). The molecule has 32 heavy (non-hydrogen) atoms. The van der Waals surface area contributed by atoms with Crippen LogP contribution in [0, 0.1) is 5.82 Å². The normalized spacial score (nSPS) is 13.8. The smallest absolute Gasteiger partial charge is 0.442 e. The number of aromatic nitrogens is 2. The van der Waals surface area contributed by atoms with Crippen LogP contribution in [-0.4, -0.2) is 60.9 Å². The number of piperazine rings is 1. The number of nitrogens with zero attached hydrogens (tertiary/aromatic N) is 4. The van der Waals surface area contributed by atoms with Gasteiger partial charge in [-0.2, -0.15) is 0 Å². The highest BCUT2D eigenvalue weighted by Gasteiger charge is 2.25. The first-order chi connectivity index (χ1) is 15.5. The zero-order valence-electron chi connectivity index (χ0n) is 17.8. The molecule has 0 aliphatic carbocycles. The molecule has 0 N–H and O–H groups in total. The molecule has 1 aliphatic rings. The van der Waals surface area contributed by atoms with Crippen molar-refractivity contribution in [3.8, 4) is 22.9 Å². The van der Waals surface area contributed by atoms with Crippen molar-refractivity contribution < 1.29 is 23.2 Å². The summed E-state index contributed by atoms with van der Waals surface area (Å²) in [5.74, 6) is -0.0597. The maximum atomic E-state index is 14.0. The molecule has 2 heterocycles. The van der Waals surface area contributed by atoms with Crippen molar-refractivity contribution in [2.75, 3.05) is 45.3 Å². The van der Waals surface area contributed by atoms with E-state index in [1.54, 1.807) is 41.3 Å². The second-order valence-electron chi connectivity index (χ2n) is 7.25. The first-order valence-corrected chi connectivity index (χ1v) is 10.1. The van der Waals surface area contributed by atoms with Gasteiger partial charge in [0, 0.05) is 31.7 Å². The third-order valence-corrected chi connectivity index (χ3v) is 5.45. The van der Waals surface area contributed by atoms with Gasteiger partial charge in [0.1, 0.15) is 12.4 Å². The summed E-state index contributed by atoms with van der Waals surface area (Å²) in [5.41, 5.74) is 1.07. The maximum absolute atomic E-state index is 14.0. The third-order valence-electron chi connectivity index (χ3n) is 5.45. The van der Waals surface area contributed by atoms with Crippen LogP contribution in [0.2, 0.25) is 0 Å². The SMILES string of the molecule is COc1ccc(-c2noc(=O)n2CC(=O)N2CCN(c3ccccc3F)CC2)cc1OC. The Morgan fingerprint density at radius 3 is 2.47 bits per heavy atom. The third kappa shape index (κ3) is 4.16. The predicted molar refractivity (Wildman–Crippen MR) is 114 cm³/mol. The van der Waals surface area contributed by atoms with E-state index in [0.717, 1.165) is 0 Å². The fraction of sp³-hybridized carbons (Fsp3) is 0.318. The molecule has 0 saturated carbocycles. The van der Waals surface area contributed by atoms with E-state index in [-0.39, 0.29) is 24.1 Å². The quantitative estimate of drug-likeness (QED) is 0.577. The molecule has 1 aliphatic heterocycles. The lowest BCUT2D eigenvalue weighted by Gasteiger charge is -2.36. The van der Waals surface area contributed by atoms with E-state index in [9.17, 15) is 14.0 Å². The number of methoxy groups -OCH3 is 2. The summed E-state index contributed by atoms with van der Waals surface area (Å²) in [4.78, 5) is 28.7. The Balaban J connectivity index is 1.48. The maximum Gasteiger partial charge on any atom is 0.442 e. The van der Waals surface area contributed by atoms with Gasteiger partial charge in [0.2, 0.25) is 5.91 Å². The van der Waals surface area contributed by atoms with Gasteiger partial charge in [-0.05, 0) is 30.3 Å². The average Bonchev–Trinajstić information content (AvgIpc) is 3.19. The lowest BCUT2D eigenvalue weighted by molar-refractivity contribution is -0.132. The molecule has 1 amide bonds. The zero-order chi connectivity index (χ0) is 22.7. The standard InChI is InChI=1S/C22H23FN4O5/c1-30-18-8-7-15(13-19(18)31-2)21-24-32-22(29)27(21)14-20(28)26-11-9-25(10-12-26)17-6-4-3-5-16(17)23/h3-8,13H,9-12,14H2,1-2H3. The Bertz CT molecular complexity index is 1170. The van der Waals surface area contributed by atoms with Gasteiger partial charge in [-0.25, -0.2) is 13.8 Å². The van der Waals surface area contributed by atoms with Crippen LogP contribution in [0.3, 0.4) is 0 Å². The van der Waals surface area contributed by atoms with Crippen molar-refractivity contribution in [2.45, 2.75) is 6.54 Å². The molecule has 1 aromatic heterocycles. The molecule has 0 unspecified atom stereocenters. The number of hydrogen-bond acceptors (Lipinski definition) is 7. The molecule has 0 spiro atoms. The Kier molecular flexibility index (Phi) is 6.11. The van der Waals surface area contributed by atoms with Crippen molar-refractivity contribution >= 4 is 11.6 Å². The van der Waals surface area contributed by atoms with Crippen LogP contribution < -0.4 is 20.1 Å². The number of hydrogen-bond donors (Lipinski definition) is 0. The molecule has 1 fully saturated rings. The Hall–Kier alpha value is -3.82. The minimum Gasteiger partial charge on any atom is -0.493 e. The van der Waals surface area contributed by atoms with E-state index in [0.29, 0.717) is 48.9 Å². The molecule has 10 heteroatoms. The molecule has 168 valence electrons.